The first-order valence-corrected chi connectivity index (χ1v) is 7.67. The maximum Gasteiger partial charge on any atom is 0.240 e. The van der Waals surface area contributed by atoms with Gasteiger partial charge in [0.15, 0.2) is 0 Å². The van der Waals surface area contributed by atoms with Gasteiger partial charge in [-0.1, -0.05) is 42.0 Å². The lowest BCUT2D eigenvalue weighted by atomic mass is 9.97. The SMILES string of the molecule is COc1cccc(C2=NN(C(C)=O)C(c3ccc(C)cc3)C2)c1. The Labute approximate surface area is 136 Å². The van der Waals surface area contributed by atoms with Crippen molar-refractivity contribution in [2.45, 2.75) is 26.3 Å². The first kappa shape index (κ1) is 15.3. The van der Waals surface area contributed by atoms with Crippen LogP contribution in [0.4, 0.5) is 0 Å². The summed E-state index contributed by atoms with van der Waals surface area (Å²) in [5.41, 5.74) is 4.21. The van der Waals surface area contributed by atoms with Crippen LogP contribution in [0.1, 0.15) is 36.1 Å². The molecule has 1 atom stereocenters. The van der Waals surface area contributed by atoms with Crippen molar-refractivity contribution in [1.82, 2.24) is 5.01 Å². The van der Waals surface area contributed by atoms with Crippen LogP contribution < -0.4 is 4.74 Å². The molecule has 4 heteroatoms. The van der Waals surface area contributed by atoms with Gasteiger partial charge in [0.05, 0.1) is 18.9 Å². The Kier molecular flexibility index (Phi) is 4.15. The number of hydrazone groups is 1. The third-order valence-corrected chi connectivity index (χ3v) is 4.10. The molecule has 23 heavy (non-hydrogen) atoms. The third kappa shape index (κ3) is 3.11. The second-order valence-electron chi connectivity index (χ2n) is 5.77. The number of rotatable bonds is 3. The van der Waals surface area contributed by atoms with Gasteiger partial charge in [0.1, 0.15) is 5.75 Å². The molecule has 0 saturated carbocycles. The van der Waals surface area contributed by atoms with Crippen molar-refractivity contribution in [2.75, 3.05) is 7.11 Å². The van der Waals surface area contributed by atoms with Gasteiger partial charge in [0, 0.05) is 18.9 Å². The van der Waals surface area contributed by atoms with Crippen LogP contribution in [0, 0.1) is 6.92 Å². The van der Waals surface area contributed by atoms with Crippen LogP contribution in [0.15, 0.2) is 53.6 Å². The summed E-state index contributed by atoms with van der Waals surface area (Å²) in [6.07, 6.45) is 0.704. The summed E-state index contributed by atoms with van der Waals surface area (Å²) in [6, 6.07) is 16.0. The Morgan fingerprint density at radius 1 is 1.22 bits per heavy atom. The molecule has 2 aromatic rings. The van der Waals surface area contributed by atoms with Crippen molar-refractivity contribution in [2.24, 2.45) is 5.10 Å². The molecule has 3 rings (SSSR count). The van der Waals surface area contributed by atoms with Gasteiger partial charge in [-0.15, -0.1) is 0 Å². The summed E-state index contributed by atoms with van der Waals surface area (Å²) in [6.45, 7) is 3.61. The summed E-state index contributed by atoms with van der Waals surface area (Å²) < 4.78 is 5.28. The number of ether oxygens (including phenoxy) is 1. The van der Waals surface area contributed by atoms with E-state index in [0.717, 1.165) is 22.6 Å². The predicted octanol–water partition coefficient (Wildman–Crippen LogP) is 3.70. The van der Waals surface area contributed by atoms with E-state index in [9.17, 15) is 4.79 Å². The first-order valence-electron chi connectivity index (χ1n) is 7.67. The van der Waals surface area contributed by atoms with Crippen molar-refractivity contribution >= 4 is 11.6 Å². The lowest BCUT2D eigenvalue weighted by Crippen LogP contribution is -2.24. The smallest absolute Gasteiger partial charge is 0.240 e. The van der Waals surface area contributed by atoms with Gasteiger partial charge in [-0.3, -0.25) is 4.79 Å². The minimum Gasteiger partial charge on any atom is -0.497 e. The monoisotopic (exact) mass is 308 g/mol. The largest absolute Gasteiger partial charge is 0.497 e. The number of hydrogen-bond donors (Lipinski definition) is 0. The Hall–Kier alpha value is -2.62. The number of benzene rings is 2. The summed E-state index contributed by atoms with van der Waals surface area (Å²) in [5.74, 6) is 0.742. The van der Waals surface area contributed by atoms with E-state index in [1.54, 1.807) is 19.0 Å². The van der Waals surface area contributed by atoms with Crippen LogP contribution in [0.2, 0.25) is 0 Å². The highest BCUT2D eigenvalue weighted by molar-refractivity contribution is 6.03. The van der Waals surface area contributed by atoms with E-state index in [1.165, 1.54) is 5.56 Å². The van der Waals surface area contributed by atoms with Crippen LogP contribution in [0.3, 0.4) is 0 Å². The van der Waals surface area contributed by atoms with Crippen LogP contribution in [0.25, 0.3) is 0 Å². The second kappa shape index (κ2) is 6.24. The average molecular weight is 308 g/mol. The third-order valence-electron chi connectivity index (χ3n) is 4.10. The molecule has 0 aliphatic carbocycles. The molecule has 1 amide bonds. The Morgan fingerprint density at radius 2 is 1.96 bits per heavy atom. The Balaban J connectivity index is 1.93. The fourth-order valence-electron chi connectivity index (χ4n) is 2.83. The minimum atomic E-state index is -0.0477. The number of methoxy groups -OCH3 is 1. The van der Waals surface area contributed by atoms with Crippen molar-refractivity contribution in [1.29, 1.82) is 0 Å². The standard InChI is InChI=1S/C19H20N2O2/c1-13-7-9-15(10-8-13)19-12-18(20-21(19)14(2)22)16-5-4-6-17(11-16)23-3/h4-11,19H,12H2,1-3H3. The number of hydrogen-bond acceptors (Lipinski definition) is 3. The molecule has 118 valence electrons. The molecule has 0 fully saturated rings. The number of carbonyl (C=O) groups excluding carboxylic acids is 1. The molecule has 0 radical (unpaired) electrons. The van der Waals surface area contributed by atoms with E-state index in [-0.39, 0.29) is 11.9 Å². The molecule has 0 bridgehead atoms. The zero-order valence-corrected chi connectivity index (χ0v) is 13.6. The molecule has 1 aliphatic heterocycles. The maximum atomic E-state index is 12.0. The van der Waals surface area contributed by atoms with Crippen molar-refractivity contribution in [3.05, 3.63) is 65.2 Å². The molecule has 1 heterocycles. The van der Waals surface area contributed by atoms with E-state index >= 15 is 0 Å². The first-order chi connectivity index (χ1) is 11.1. The van der Waals surface area contributed by atoms with Gasteiger partial charge in [-0.05, 0) is 24.6 Å². The van der Waals surface area contributed by atoms with E-state index < -0.39 is 0 Å². The molecule has 1 aliphatic rings. The fourth-order valence-corrected chi connectivity index (χ4v) is 2.83. The highest BCUT2D eigenvalue weighted by atomic mass is 16.5. The highest BCUT2D eigenvalue weighted by Crippen LogP contribution is 2.33. The molecule has 4 nitrogen and oxygen atoms in total. The maximum absolute atomic E-state index is 12.0. The molecular formula is C19H20N2O2. The summed E-state index contributed by atoms with van der Waals surface area (Å²) in [7, 11) is 1.65. The number of amides is 1. The molecule has 0 aromatic heterocycles. The van der Waals surface area contributed by atoms with E-state index in [2.05, 4.69) is 36.3 Å². The van der Waals surface area contributed by atoms with Gasteiger partial charge in [-0.25, -0.2) is 5.01 Å². The molecule has 1 unspecified atom stereocenters. The zero-order chi connectivity index (χ0) is 16.4. The van der Waals surface area contributed by atoms with Crippen molar-refractivity contribution in [3.8, 4) is 5.75 Å². The van der Waals surface area contributed by atoms with E-state index in [0.29, 0.717) is 6.42 Å². The van der Waals surface area contributed by atoms with Gasteiger partial charge in [-0.2, -0.15) is 5.10 Å². The summed E-state index contributed by atoms with van der Waals surface area (Å²) in [4.78, 5) is 12.0. The lowest BCUT2D eigenvalue weighted by Gasteiger charge is -2.20. The number of nitrogens with zero attached hydrogens (tertiary/aromatic N) is 2. The van der Waals surface area contributed by atoms with Crippen LogP contribution in [-0.4, -0.2) is 23.7 Å². The minimum absolute atomic E-state index is 0.0469. The average Bonchev–Trinajstić information content (AvgIpc) is 3.01. The van der Waals surface area contributed by atoms with Gasteiger partial charge < -0.3 is 4.74 Å². The number of aryl methyl sites for hydroxylation is 1. The molecule has 0 saturated heterocycles. The Morgan fingerprint density at radius 3 is 2.61 bits per heavy atom. The topological polar surface area (TPSA) is 41.9 Å². The molecular weight excluding hydrogens is 288 g/mol. The summed E-state index contributed by atoms with van der Waals surface area (Å²) >= 11 is 0. The number of carbonyl (C=O) groups is 1. The molecule has 0 N–H and O–H groups in total. The summed E-state index contributed by atoms with van der Waals surface area (Å²) in [5, 5.41) is 6.14. The van der Waals surface area contributed by atoms with Gasteiger partial charge in [0.25, 0.3) is 0 Å². The lowest BCUT2D eigenvalue weighted by molar-refractivity contribution is -0.130. The van der Waals surface area contributed by atoms with Crippen molar-refractivity contribution < 1.29 is 9.53 Å². The zero-order valence-electron chi connectivity index (χ0n) is 13.6. The quantitative estimate of drug-likeness (QED) is 0.867. The van der Waals surface area contributed by atoms with Crippen LogP contribution in [0.5, 0.6) is 5.75 Å². The highest BCUT2D eigenvalue weighted by Gasteiger charge is 2.31. The van der Waals surface area contributed by atoms with Crippen molar-refractivity contribution in [3.63, 3.8) is 0 Å². The Bertz CT molecular complexity index is 750. The fraction of sp³-hybridized carbons (Fsp3) is 0.263. The van der Waals surface area contributed by atoms with E-state index in [1.807, 2.05) is 24.3 Å². The van der Waals surface area contributed by atoms with Gasteiger partial charge in [0.2, 0.25) is 5.91 Å². The molecule has 2 aromatic carbocycles. The van der Waals surface area contributed by atoms with Crippen LogP contribution in [-0.2, 0) is 4.79 Å². The normalized spacial score (nSPS) is 17.1. The van der Waals surface area contributed by atoms with Gasteiger partial charge >= 0.3 is 0 Å². The van der Waals surface area contributed by atoms with E-state index in [4.69, 9.17) is 4.74 Å². The second-order valence-corrected chi connectivity index (χ2v) is 5.77. The molecule has 0 spiro atoms. The van der Waals surface area contributed by atoms with Crippen LogP contribution >= 0.6 is 0 Å². The predicted molar refractivity (Wildman–Crippen MR) is 90.6 cm³/mol.